The minimum atomic E-state index is -0.129. The lowest BCUT2D eigenvalue weighted by atomic mass is 9.58. The summed E-state index contributed by atoms with van der Waals surface area (Å²) < 4.78 is 0. The lowest BCUT2D eigenvalue weighted by Gasteiger charge is -2.47. The first-order valence-corrected chi connectivity index (χ1v) is 8.61. The molecule has 1 aliphatic heterocycles. The van der Waals surface area contributed by atoms with Crippen LogP contribution < -0.4 is 0 Å². The summed E-state index contributed by atoms with van der Waals surface area (Å²) in [7, 11) is 2.08. The van der Waals surface area contributed by atoms with Crippen LogP contribution in [0, 0.1) is 30.1 Å². The van der Waals surface area contributed by atoms with Crippen LogP contribution in [0.3, 0.4) is 0 Å². The molecular weight excluding hydrogens is 284 g/mol. The molecule has 0 radical (unpaired) electrons. The highest BCUT2D eigenvalue weighted by Gasteiger charge is 2.55. The van der Waals surface area contributed by atoms with Crippen molar-refractivity contribution in [1.29, 1.82) is 5.26 Å². The van der Waals surface area contributed by atoms with Gasteiger partial charge in [0.25, 0.3) is 0 Å². The van der Waals surface area contributed by atoms with E-state index >= 15 is 0 Å². The van der Waals surface area contributed by atoms with Crippen LogP contribution in [0.2, 0.25) is 0 Å². The molecule has 0 bridgehead atoms. The van der Waals surface area contributed by atoms with E-state index in [0.29, 0.717) is 17.9 Å². The molecule has 3 rings (SSSR count). The number of aryl methyl sites for hydroxylation is 1. The van der Waals surface area contributed by atoms with Crippen molar-refractivity contribution in [2.45, 2.75) is 64.5 Å². The van der Waals surface area contributed by atoms with Crippen molar-refractivity contribution in [3.63, 3.8) is 0 Å². The number of hydrogen-bond acceptors (Lipinski definition) is 3. The van der Waals surface area contributed by atoms with Crippen molar-refractivity contribution in [3.8, 4) is 6.07 Å². The first-order chi connectivity index (χ1) is 10.7. The van der Waals surface area contributed by atoms with E-state index < -0.39 is 0 Å². The first-order valence-electron chi connectivity index (χ1n) is 8.61. The number of benzene rings is 1. The van der Waals surface area contributed by atoms with Gasteiger partial charge in [-0.15, -0.1) is 0 Å². The summed E-state index contributed by atoms with van der Waals surface area (Å²) in [4.78, 5) is 6.15. The Labute approximate surface area is 140 Å². The van der Waals surface area contributed by atoms with Crippen LogP contribution in [-0.2, 0) is 10.3 Å². The summed E-state index contributed by atoms with van der Waals surface area (Å²) in [5.41, 5.74) is 3.37. The summed E-state index contributed by atoms with van der Waals surface area (Å²) in [5, 5.41) is 11.4. The standard InChI is InChI=1S/C20H28N2O/c1-13-7-8-15(12-21)9-16(13)20(5)10-14(2)18-17(11-20)19(3,4)23-22(18)6/h7-9,14,17-18H,10-11H2,1-6H3/t14-,17+,18+,20+/m1/s1. The van der Waals surface area contributed by atoms with Crippen LogP contribution in [0.4, 0.5) is 0 Å². The van der Waals surface area contributed by atoms with Gasteiger partial charge in [0.2, 0.25) is 0 Å². The number of nitriles is 1. The highest BCUT2D eigenvalue weighted by molar-refractivity contribution is 5.42. The van der Waals surface area contributed by atoms with E-state index in [-0.39, 0.29) is 11.0 Å². The molecule has 3 nitrogen and oxygen atoms in total. The summed E-state index contributed by atoms with van der Waals surface area (Å²) in [5.74, 6) is 1.07. The molecule has 1 heterocycles. The Hall–Kier alpha value is -1.37. The number of hydrogen-bond donors (Lipinski definition) is 0. The van der Waals surface area contributed by atoms with Gasteiger partial charge < -0.3 is 0 Å². The predicted octanol–water partition coefficient (Wildman–Crippen LogP) is 4.19. The Balaban J connectivity index is 2.03. The van der Waals surface area contributed by atoms with Gasteiger partial charge in [-0.3, -0.25) is 4.84 Å². The molecule has 1 aliphatic carbocycles. The normalized spacial score (nSPS) is 36.5. The largest absolute Gasteiger partial charge is 0.293 e. The molecule has 23 heavy (non-hydrogen) atoms. The Morgan fingerprint density at radius 1 is 1.26 bits per heavy atom. The lowest BCUT2D eigenvalue weighted by molar-refractivity contribution is -0.182. The molecular formula is C20H28N2O. The predicted molar refractivity (Wildman–Crippen MR) is 91.8 cm³/mol. The summed E-state index contributed by atoms with van der Waals surface area (Å²) in [6.45, 7) is 11.3. The molecule has 1 aromatic rings. The van der Waals surface area contributed by atoms with Gasteiger partial charge in [-0.2, -0.15) is 10.3 Å². The molecule has 2 aliphatic rings. The summed E-state index contributed by atoms with van der Waals surface area (Å²) in [6, 6.07) is 8.91. The van der Waals surface area contributed by atoms with Crippen LogP contribution in [-0.4, -0.2) is 23.8 Å². The third kappa shape index (κ3) is 2.58. The maximum absolute atomic E-state index is 9.28. The maximum Gasteiger partial charge on any atom is 0.0991 e. The second-order valence-electron chi connectivity index (χ2n) is 8.43. The van der Waals surface area contributed by atoms with Gasteiger partial charge in [0.15, 0.2) is 0 Å². The topological polar surface area (TPSA) is 36.3 Å². The van der Waals surface area contributed by atoms with Gasteiger partial charge in [0.05, 0.1) is 17.2 Å². The summed E-state index contributed by atoms with van der Waals surface area (Å²) >= 11 is 0. The maximum atomic E-state index is 9.28. The quantitative estimate of drug-likeness (QED) is 0.780. The van der Waals surface area contributed by atoms with Crippen molar-refractivity contribution < 1.29 is 4.84 Å². The van der Waals surface area contributed by atoms with Gasteiger partial charge in [-0.05, 0) is 68.2 Å². The van der Waals surface area contributed by atoms with E-state index in [2.05, 4.69) is 64.9 Å². The Morgan fingerprint density at radius 3 is 2.61 bits per heavy atom. The lowest BCUT2D eigenvalue weighted by Crippen LogP contribution is -2.48. The van der Waals surface area contributed by atoms with Crippen LogP contribution in [0.25, 0.3) is 0 Å². The van der Waals surface area contributed by atoms with Crippen molar-refractivity contribution in [1.82, 2.24) is 5.06 Å². The second kappa shape index (κ2) is 5.33. The monoisotopic (exact) mass is 312 g/mol. The smallest absolute Gasteiger partial charge is 0.0991 e. The van der Waals surface area contributed by atoms with Gasteiger partial charge in [-0.1, -0.05) is 19.9 Å². The molecule has 0 spiro atoms. The SMILES string of the molecule is Cc1ccc(C#N)cc1[C@@]1(C)C[C@@H](C)[C@H]2[C@H](C1)C(C)(C)ON2C. The molecule has 0 N–H and O–H groups in total. The zero-order valence-electron chi connectivity index (χ0n) is 15.2. The minimum absolute atomic E-state index is 0.101. The van der Waals surface area contributed by atoms with Crippen LogP contribution in [0.5, 0.6) is 0 Å². The Kier molecular flexibility index (Phi) is 3.82. The van der Waals surface area contributed by atoms with Crippen LogP contribution in [0.15, 0.2) is 18.2 Å². The van der Waals surface area contributed by atoms with Gasteiger partial charge >= 0.3 is 0 Å². The minimum Gasteiger partial charge on any atom is -0.293 e. The van der Waals surface area contributed by atoms with Crippen molar-refractivity contribution >= 4 is 0 Å². The number of rotatable bonds is 1. The number of fused-ring (bicyclic) bond motifs is 1. The molecule has 1 aromatic carbocycles. The van der Waals surface area contributed by atoms with E-state index in [1.54, 1.807) is 0 Å². The third-order valence-electron chi connectivity index (χ3n) is 6.15. The van der Waals surface area contributed by atoms with Crippen molar-refractivity contribution in [2.24, 2.45) is 11.8 Å². The molecule has 2 fully saturated rings. The molecule has 1 saturated carbocycles. The molecule has 3 heteroatoms. The molecule has 1 saturated heterocycles. The highest BCUT2D eigenvalue weighted by Crippen LogP contribution is 2.53. The van der Waals surface area contributed by atoms with E-state index in [1.165, 1.54) is 11.1 Å². The molecule has 0 aromatic heterocycles. The fourth-order valence-corrected chi connectivity index (χ4v) is 5.25. The van der Waals surface area contributed by atoms with E-state index in [0.717, 1.165) is 18.4 Å². The van der Waals surface area contributed by atoms with Crippen LogP contribution in [0.1, 0.15) is 57.2 Å². The zero-order valence-corrected chi connectivity index (χ0v) is 15.2. The Bertz CT molecular complexity index is 660. The van der Waals surface area contributed by atoms with Crippen molar-refractivity contribution in [2.75, 3.05) is 7.05 Å². The first kappa shape index (κ1) is 16.5. The number of nitrogens with zero attached hydrogens (tertiary/aromatic N) is 2. The molecule has 0 unspecified atom stereocenters. The molecule has 4 atom stereocenters. The van der Waals surface area contributed by atoms with E-state index in [1.807, 2.05) is 6.07 Å². The average Bonchev–Trinajstić information content (AvgIpc) is 2.68. The Morgan fingerprint density at radius 2 is 1.96 bits per heavy atom. The van der Waals surface area contributed by atoms with Gasteiger partial charge in [0.1, 0.15) is 0 Å². The van der Waals surface area contributed by atoms with E-state index in [9.17, 15) is 5.26 Å². The summed E-state index contributed by atoms with van der Waals surface area (Å²) in [6.07, 6.45) is 2.24. The second-order valence-corrected chi connectivity index (χ2v) is 8.43. The number of hydroxylamine groups is 2. The molecule has 124 valence electrons. The van der Waals surface area contributed by atoms with E-state index in [4.69, 9.17) is 4.84 Å². The van der Waals surface area contributed by atoms with Crippen molar-refractivity contribution in [3.05, 3.63) is 34.9 Å². The van der Waals surface area contributed by atoms with Crippen LogP contribution >= 0.6 is 0 Å². The molecule has 0 amide bonds. The third-order valence-corrected chi connectivity index (χ3v) is 6.15. The fourth-order valence-electron chi connectivity index (χ4n) is 5.25. The zero-order chi connectivity index (χ0) is 17.0. The fraction of sp³-hybridized carbons (Fsp3) is 0.650. The highest BCUT2D eigenvalue weighted by atomic mass is 16.7. The average molecular weight is 312 g/mol. The van der Waals surface area contributed by atoms with Gasteiger partial charge in [0, 0.05) is 19.0 Å². The van der Waals surface area contributed by atoms with Gasteiger partial charge in [-0.25, -0.2) is 0 Å².